The van der Waals surface area contributed by atoms with Gasteiger partial charge in [0.25, 0.3) is 0 Å². The molecule has 1 aliphatic heterocycles. The van der Waals surface area contributed by atoms with Gasteiger partial charge in [-0.05, 0) is 49.8 Å². The molecule has 1 heterocycles. The molecule has 0 aromatic heterocycles. The highest BCUT2D eigenvalue weighted by molar-refractivity contribution is 5.31. The van der Waals surface area contributed by atoms with E-state index in [1.54, 1.807) is 0 Å². The van der Waals surface area contributed by atoms with Gasteiger partial charge < -0.3 is 5.73 Å². The average molecular weight is 308 g/mol. The third-order valence-electron chi connectivity index (χ3n) is 4.96. The van der Waals surface area contributed by atoms with Crippen LogP contribution in [0.4, 0.5) is 0 Å². The Kier molecular flexibility index (Phi) is 4.84. The Morgan fingerprint density at radius 1 is 1.00 bits per heavy atom. The van der Waals surface area contributed by atoms with E-state index >= 15 is 0 Å². The van der Waals surface area contributed by atoms with E-state index in [4.69, 9.17) is 5.73 Å². The minimum Gasteiger partial charge on any atom is -0.327 e. The molecule has 1 saturated heterocycles. The Hall–Kier alpha value is -1.64. The Morgan fingerprint density at radius 2 is 1.78 bits per heavy atom. The van der Waals surface area contributed by atoms with E-state index in [1.165, 1.54) is 27.8 Å². The molecule has 0 aliphatic carbocycles. The van der Waals surface area contributed by atoms with Gasteiger partial charge in [-0.2, -0.15) is 0 Å². The summed E-state index contributed by atoms with van der Waals surface area (Å²) in [5.41, 5.74) is 13.3. The summed E-state index contributed by atoms with van der Waals surface area (Å²) in [5, 5.41) is 0. The number of hydrogen-bond donors (Lipinski definition) is 1. The number of aryl methyl sites for hydroxylation is 3. The van der Waals surface area contributed by atoms with Gasteiger partial charge in [-0.1, -0.05) is 53.6 Å². The van der Waals surface area contributed by atoms with E-state index in [1.807, 2.05) is 0 Å². The number of likely N-dealkylation sites (tertiary alicyclic amines) is 1. The van der Waals surface area contributed by atoms with Gasteiger partial charge in [0.2, 0.25) is 0 Å². The molecule has 0 radical (unpaired) electrons. The van der Waals surface area contributed by atoms with Crippen molar-refractivity contribution < 1.29 is 0 Å². The molecule has 0 bridgehead atoms. The Labute approximate surface area is 140 Å². The third kappa shape index (κ3) is 4.01. The summed E-state index contributed by atoms with van der Waals surface area (Å²) < 4.78 is 0. The van der Waals surface area contributed by atoms with E-state index in [2.05, 4.69) is 68.1 Å². The molecule has 1 fully saturated rings. The summed E-state index contributed by atoms with van der Waals surface area (Å²) in [6.07, 6.45) is 1.09. The summed E-state index contributed by atoms with van der Waals surface area (Å²) in [5.74, 6) is 0.546. The number of hydrogen-bond acceptors (Lipinski definition) is 2. The fourth-order valence-electron chi connectivity index (χ4n) is 3.79. The molecule has 23 heavy (non-hydrogen) atoms. The minimum absolute atomic E-state index is 0.264. The second-order valence-electron chi connectivity index (χ2n) is 7.23. The maximum absolute atomic E-state index is 6.37. The van der Waals surface area contributed by atoms with E-state index in [-0.39, 0.29) is 6.04 Å². The fourth-order valence-corrected chi connectivity index (χ4v) is 3.79. The Balaban J connectivity index is 1.75. The maximum Gasteiger partial charge on any atom is 0.0237 e. The summed E-state index contributed by atoms with van der Waals surface area (Å²) in [4.78, 5) is 2.53. The van der Waals surface area contributed by atoms with Crippen molar-refractivity contribution in [2.45, 2.75) is 45.7 Å². The lowest BCUT2D eigenvalue weighted by atomic mass is 9.87. The predicted octanol–water partition coefficient (Wildman–Crippen LogP) is 3.93. The zero-order valence-corrected chi connectivity index (χ0v) is 14.5. The molecule has 2 aromatic carbocycles. The van der Waals surface area contributed by atoms with Gasteiger partial charge in [0, 0.05) is 25.7 Å². The molecule has 2 heteroatoms. The lowest BCUT2D eigenvalue weighted by Crippen LogP contribution is -2.45. The first kappa shape index (κ1) is 16.2. The van der Waals surface area contributed by atoms with Crippen molar-refractivity contribution in [1.29, 1.82) is 0 Å². The molecule has 3 rings (SSSR count). The normalized spacial score (nSPS) is 22.3. The minimum atomic E-state index is 0.264. The second-order valence-corrected chi connectivity index (χ2v) is 7.23. The molecule has 2 unspecified atom stereocenters. The predicted molar refractivity (Wildman–Crippen MR) is 97.7 cm³/mol. The van der Waals surface area contributed by atoms with Crippen LogP contribution in [0.25, 0.3) is 0 Å². The lowest BCUT2D eigenvalue weighted by Gasteiger charge is -2.37. The van der Waals surface area contributed by atoms with Gasteiger partial charge in [-0.25, -0.2) is 0 Å². The van der Waals surface area contributed by atoms with Crippen LogP contribution in [0.2, 0.25) is 0 Å². The summed E-state index contributed by atoms with van der Waals surface area (Å²) >= 11 is 0. The number of nitrogens with zero attached hydrogens (tertiary/aromatic N) is 1. The first-order valence-electron chi connectivity index (χ1n) is 8.62. The van der Waals surface area contributed by atoms with Crippen molar-refractivity contribution in [3.8, 4) is 0 Å². The molecule has 122 valence electrons. The van der Waals surface area contributed by atoms with Crippen LogP contribution in [-0.2, 0) is 6.54 Å². The fraction of sp³-hybridized carbons (Fsp3) is 0.429. The molecule has 0 spiro atoms. The van der Waals surface area contributed by atoms with Gasteiger partial charge in [-0.3, -0.25) is 4.90 Å². The first-order valence-corrected chi connectivity index (χ1v) is 8.62. The van der Waals surface area contributed by atoms with Gasteiger partial charge in [0.05, 0.1) is 0 Å². The first-order chi connectivity index (χ1) is 11.0. The van der Waals surface area contributed by atoms with Crippen LogP contribution >= 0.6 is 0 Å². The summed E-state index contributed by atoms with van der Waals surface area (Å²) in [6.45, 7) is 9.63. The summed E-state index contributed by atoms with van der Waals surface area (Å²) in [7, 11) is 0. The van der Waals surface area contributed by atoms with E-state index < -0.39 is 0 Å². The van der Waals surface area contributed by atoms with Gasteiger partial charge in [0.15, 0.2) is 0 Å². The zero-order chi connectivity index (χ0) is 16.4. The standard InChI is InChI=1S/C21H28N2/c1-15-5-4-6-18(10-15)20-11-21(22)14-23(13-20)12-19-8-7-16(2)9-17(19)3/h4-10,20-21H,11-14,22H2,1-3H3. The quantitative estimate of drug-likeness (QED) is 0.931. The van der Waals surface area contributed by atoms with Crippen LogP contribution < -0.4 is 5.73 Å². The summed E-state index contributed by atoms with van der Waals surface area (Å²) in [6, 6.07) is 15.9. The van der Waals surface area contributed by atoms with Crippen molar-refractivity contribution in [1.82, 2.24) is 4.90 Å². The third-order valence-corrected chi connectivity index (χ3v) is 4.96. The van der Waals surface area contributed by atoms with Crippen LogP contribution in [0, 0.1) is 20.8 Å². The number of piperidine rings is 1. The second kappa shape index (κ2) is 6.86. The number of nitrogens with two attached hydrogens (primary N) is 1. The average Bonchev–Trinajstić information content (AvgIpc) is 2.50. The number of benzene rings is 2. The van der Waals surface area contributed by atoms with Gasteiger partial charge >= 0.3 is 0 Å². The van der Waals surface area contributed by atoms with Gasteiger partial charge in [0.1, 0.15) is 0 Å². The van der Waals surface area contributed by atoms with Crippen molar-refractivity contribution in [2.75, 3.05) is 13.1 Å². The molecule has 2 nitrogen and oxygen atoms in total. The molecule has 2 N–H and O–H groups in total. The number of rotatable bonds is 3. The maximum atomic E-state index is 6.37. The highest BCUT2D eigenvalue weighted by Crippen LogP contribution is 2.28. The van der Waals surface area contributed by atoms with E-state index in [0.717, 1.165) is 26.1 Å². The van der Waals surface area contributed by atoms with Crippen LogP contribution in [0.15, 0.2) is 42.5 Å². The smallest absolute Gasteiger partial charge is 0.0237 e. The molecule has 0 amide bonds. The van der Waals surface area contributed by atoms with E-state index in [9.17, 15) is 0 Å². The highest BCUT2D eigenvalue weighted by Gasteiger charge is 2.26. The van der Waals surface area contributed by atoms with Crippen LogP contribution in [0.1, 0.15) is 40.2 Å². The Morgan fingerprint density at radius 3 is 2.52 bits per heavy atom. The SMILES string of the molecule is Cc1cccc(C2CC(N)CN(Cc3ccc(C)cc3C)C2)c1. The van der Waals surface area contributed by atoms with Gasteiger partial charge in [-0.15, -0.1) is 0 Å². The molecular formula is C21H28N2. The van der Waals surface area contributed by atoms with Crippen molar-refractivity contribution in [3.05, 3.63) is 70.3 Å². The van der Waals surface area contributed by atoms with Crippen LogP contribution in [0.5, 0.6) is 0 Å². The molecule has 2 atom stereocenters. The molecule has 2 aromatic rings. The van der Waals surface area contributed by atoms with Crippen molar-refractivity contribution in [3.63, 3.8) is 0 Å². The van der Waals surface area contributed by atoms with Crippen LogP contribution in [0.3, 0.4) is 0 Å². The van der Waals surface area contributed by atoms with Crippen molar-refractivity contribution in [2.24, 2.45) is 5.73 Å². The van der Waals surface area contributed by atoms with Crippen LogP contribution in [-0.4, -0.2) is 24.0 Å². The monoisotopic (exact) mass is 308 g/mol. The van der Waals surface area contributed by atoms with Crippen molar-refractivity contribution >= 4 is 0 Å². The largest absolute Gasteiger partial charge is 0.327 e. The van der Waals surface area contributed by atoms with E-state index in [0.29, 0.717) is 5.92 Å². The lowest BCUT2D eigenvalue weighted by molar-refractivity contribution is 0.181. The Bertz CT molecular complexity index is 677. The zero-order valence-electron chi connectivity index (χ0n) is 14.5. The molecule has 0 saturated carbocycles. The highest BCUT2D eigenvalue weighted by atomic mass is 15.1. The topological polar surface area (TPSA) is 29.3 Å². The molecule has 1 aliphatic rings. The molecular weight excluding hydrogens is 280 g/mol.